The Morgan fingerprint density at radius 1 is 1.10 bits per heavy atom. The SMILES string of the molecule is COc1cc(CNC(=O)C2CCCC2)cc(OC)c1OC. The van der Waals surface area contributed by atoms with E-state index in [2.05, 4.69) is 5.32 Å². The molecule has 0 unspecified atom stereocenters. The van der Waals surface area contributed by atoms with Crippen LogP contribution in [0.5, 0.6) is 17.2 Å². The Morgan fingerprint density at radius 2 is 1.67 bits per heavy atom. The largest absolute Gasteiger partial charge is 0.493 e. The number of ether oxygens (including phenoxy) is 3. The lowest BCUT2D eigenvalue weighted by Gasteiger charge is -2.15. The zero-order valence-corrected chi connectivity index (χ0v) is 12.9. The first-order chi connectivity index (χ1) is 10.2. The van der Waals surface area contributed by atoms with Gasteiger partial charge in [-0.2, -0.15) is 0 Å². The van der Waals surface area contributed by atoms with Crippen molar-refractivity contribution in [2.24, 2.45) is 5.92 Å². The fourth-order valence-electron chi connectivity index (χ4n) is 2.76. The first kappa shape index (κ1) is 15.5. The first-order valence-corrected chi connectivity index (χ1v) is 7.26. The molecule has 1 aliphatic carbocycles. The van der Waals surface area contributed by atoms with Gasteiger partial charge < -0.3 is 19.5 Å². The number of carbonyl (C=O) groups is 1. The van der Waals surface area contributed by atoms with Crippen LogP contribution in [-0.2, 0) is 11.3 Å². The highest BCUT2D eigenvalue weighted by Crippen LogP contribution is 2.38. The Labute approximate surface area is 125 Å². The first-order valence-electron chi connectivity index (χ1n) is 7.26. The lowest BCUT2D eigenvalue weighted by Crippen LogP contribution is -2.28. The van der Waals surface area contributed by atoms with Crippen LogP contribution in [0.1, 0.15) is 31.2 Å². The molecule has 0 bridgehead atoms. The minimum atomic E-state index is 0.140. The Hall–Kier alpha value is -1.91. The smallest absolute Gasteiger partial charge is 0.223 e. The van der Waals surface area contributed by atoms with Crippen LogP contribution in [0.4, 0.5) is 0 Å². The predicted molar refractivity (Wildman–Crippen MR) is 79.9 cm³/mol. The molecule has 116 valence electrons. The minimum absolute atomic E-state index is 0.140. The van der Waals surface area contributed by atoms with Crippen LogP contribution in [-0.4, -0.2) is 27.2 Å². The third-order valence-corrected chi connectivity index (χ3v) is 3.92. The van der Waals surface area contributed by atoms with Gasteiger partial charge in [-0.1, -0.05) is 12.8 Å². The summed E-state index contributed by atoms with van der Waals surface area (Å²) in [5.74, 6) is 2.07. The van der Waals surface area contributed by atoms with Crippen LogP contribution in [0, 0.1) is 5.92 Å². The summed E-state index contributed by atoms with van der Waals surface area (Å²) >= 11 is 0. The summed E-state index contributed by atoms with van der Waals surface area (Å²) in [6.45, 7) is 0.464. The second kappa shape index (κ2) is 7.20. The van der Waals surface area contributed by atoms with Gasteiger partial charge >= 0.3 is 0 Å². The van der Waals surface area contributed by atoms with E-state index in [-0.39, 0.29) is 11.8 Å². The van der Waals surface area contributed by atoms with Gasteiger partial charge in [0.25, 0.3) is 0 Å². The van der Waals surface area contributed by atoms with Crippen molar-refractivity contribution < 1.29 is 19.0 Å². The van der Waals surface area contributed by atoms with Crippen LogP contribution < -0.4 is 19.5 Å². The van der Waals surface area contributed by atoms with E-state index in [1.807, 2.05) is 12.1 Å². The highest BCUT2D eigenvalue weighted by atomic mass is 16.5. The zero-order valence-electron chi connectivity index (χ0n) is 12.9. The van der Waals surface area contributed by atoms with Crippen molar-refractivity contribution in [3.8, 4) is 17.2 Å². The van der Waals surface area contributed by atoms with Crippen molar-refractivity contribution in [1.82, 2.24) is 5.32 Å². The van der Waals surface area contributed by atoms with Crippen molar-refractivity contribution >= 4 is 5.91 Å². The van der Waals surface area contributed by atoms with E-state index >= 15 is 0 Å². The third kappa shape index (κ3) is 3.60. The van der Waals surface area contributed by atoms with Crippen molar-refractivity contribution in [3.63, 3.8) is 0 Å². The molecular formula is C16H23NO4. The molecular weight excluding hydrogens is 270 g/mol. The Morgan fingerprint density at radius 3 is 2.14 bits per heavy atom. The van der Waals surface area contributed by atoms with Gasteiger partial charge in [0.15, 0.2) is 11.5 Å². The molecule has 0 heterocycles. The molecule has 0 aliphatic heterocycles. The fourth-order valence-corrected chi connectivity index (χ4v) is 2.76. The normalized spacial score (nSPS) is 14.8. The van der Waals surface area contributed by atoms with E-state index in [1.165, 1.54) is 0 Å². The Balaban J connectivity index is 2.07. The molecule has 0 spiro atoms. The van der Waals surface area contributed by atoms with Gasteiger partial charge in [-0.25, -0.2) is 0 Å². The maximum absolute atomic E-state index is 12.1. The molecule has 1 amide bonds. The highest BCUT2D eigenvalue weighted by molar-refractivity contribution is 5.78. The maximum Gasteiger partial charge on any atom is 0.223 e. The number of benzene rings is 1. The summed E-state index contributed by atoms with van der Waals surface area (Å²) in [6.07, 6.45) is 4.31. The number of amides is 1. The monoisotopic (exact) mass is 293 g/mol. The zero-order chi connectivity index (χ0) is 15.2. The standard InChI is InChI=1S/C16H23NO4/c1-19-13-8-11(9-14(20-2)15(13)21-3)10-17-16(18)12-6-4-5-7-12/h8-9,12H,4-7,10H2,1-3H3,(H,17,18). The number of hydrogen-bond donors (Lipinski definition) is 1. The average molecular weight is 293 g/mol. The molecule has 0 aromatic heterocycles. The second-order valence-corrected chi connectivity index (χ2v) is 5.23. The van der Waals surface area contributed by atoms with Gasteiger partial charge in [0.05, 0.1) is 21.3 Å². The second-order valence-electron chi connectivity index (χ2n) is 5.23. The lowest BCUT2D eigenvalue weighted by atomic mass is 10.1. The number of hydrogen-bond acceptors (Lipinski definition) is 4. The van der Waals surface area contributed by atoms with Crippen molar-refractivity contribution in [2.75, 3.05) is 21.3 Å². The van der Waals surface area contributed by atoms with E-state index in [1.54, 1.807) is 21.3 Å². The van der Waals surface area contributed by atoms with Crippen LogP contribution in [0.3, 0.4) is 0 Å². The number of carbonyl (C=O) groups excluding carboxylic acids is 1. The van der Waals surface area contributed by atoms with E-state index in [4.69, 9.17) is 14.2 Å². The molecule has 1 aliphatic rings. The van der Waals surface area contributed by atoms with Crippen molar-refractivity contribution in [3.05, 3.63) is 17.7 Å². The quantitative estimate of drug-likeness (QED) is 0.875. The molecule has 5 nitrogen and oxygen atoms in total. The van der Waals surface area contributed by atoms with Crippen LogP contribution in [0.2, 0.25) is 0 Å². The summed E-state index contributed by atoms with van der Waals surface area (Å²) in [7, 11) is 4.73. The summed E-state index contributed by atoms with van der Waals surface area (Å²) in [5.41, 5.74) is 0.927. The minimum Gasteiger partial charge on any atom is -0.493 e. The molecule has 5 heteroatoms. The third-order valence-electron chi connectivity index (χ3n) is 3.92. The molecule has 1 fully saturated rings. The molecule has 2 rings (SSSR count). The number of methoxy groups -OCH3 is 3. The Bertz CT molecular complexity index is 470. The van der Waals surface area contributed by atoms with Gasteiger partial charge in [0.1, 0.15) is 0 Å². The maximum atomic E-state index is 12.1. The van der Waals surface area contributed by atoms with Crippen LogP contribution in [0.15, 0.2) is 12.1 Å². The molecule has 1 aromatic carbocycles. The number of nitrogens with one attached hydrogen (secondary N) is 1. The van der Waals surface area contributed by atoms with Crippen molar-refractivity contribution in [1.29, 1.82) is 0 Å². The van der Waals surface area contributed by atoms with E-state index in [9.17, 15) is 4.79 Å². The molecule has 0 atom stereocenters. The van der Waals surface area contributed by atoms with Gasteiger partial charge in [-0.3, -0.25) is 4.79 Å². The van der Waals surface area contributed by atoms with E-state index in [0.717, 1.165) is 31.2 Å². The fraction of sp³-hybridized carbons (Fsp3) is 0.562. The topological polar surface area (TPSA) is 56.8 Å². The van der Waals surface area contributed by atoms with Gasteiger partial charge in [0.2, 0.25) is 11.7 Å². The van der Waals surface area contributed by atoms with E-state index in [0.29, 0.717) is 23.8 Å². The highest BCUT2D eigenvalue weighted by Gasteiger charge is 2.22. The van der Waals surface area contributed by atoms with Gasteiger partial charge in [-0.05, 0) is 30.5 Å². The number of rotatable bonds is 6. The predicted octanol–water partition coefficient (Wildman–Crippen LogP) is 2.52. The van der Waals surface area contributed by atoms with Gasteiger partial charge in [0, 0.05) is 12.5 Å². The summed E-state index contributed by atoms with van der Waals surface area (Å²) < 4.78 is 15.9. The van der Waals surface area contributed by atoms with Crippen molar-refractivity contribution in [2.45, 2.75) is 32.2 Å². The molecule has 1 N–H and O–H groups in total. The summed E-state index contributed by atoms with van der Waals surface area (Å²) in [5, 5.41) is 2.99. The van der Waals surface area contributed by atoms with E-state index < -0.39 is 0 Å². The van der Waals surface area contributed by atoms with Crippen LogP contribution in [0.25, 0.3) is 0 Å². The molecule has 1 saturated carbocycles. The average Bonchev–Trinajstić information content (AvgIpc) is 3.05. The molecule has 21 heavy (non-hydrogen) atoms. The molecule has 0 radical (unpaired) electrons. The van der Waals surface area contributed by atoms with Crippen LogP contribution >= 0.6 is 0 Å². The Kier molecular flexibility index (Phi) is 5.31. The van der Waals surface area contributed by atoms with Gasteiger partial charge in [-0.15, -0.1) is 0 Å². The molecule has 0 saturated heterocycles. The lowest BCUT2D eigenvalue weighted by molar-refractivity contribution is -0.124. The summed E-state index contributed by atoms with van der Waals surface area (Å²) in [4.78, 5) is 12.1. The summed E-state index contributed by atoms with van der Waals surface area (Å²) in [6, 6.07) is 3.71. The molecule has 1 aromatic rings.